The van der Waals surface area contributed by atoms with Crippen LogP contribution < -0.4 is 5.73 Å². The summed E-state index contributed by atoms with van der Waals surface area (Å²) in [5.74, 6) is 0.127. The van der Waals surface area contributed by atoms with Crippen molar-refractivity contribution < 1.29 is 4.79 Å². The smallest absolute Gasteiger partial charge is 0.242 e. The third-order valence-corrected chi connectivity index (χ3v) is 2.52. The molecule has 0 radical (unpaired) electrons. The summed E-state index contributed by atoms with van der Waals surface area (Å²) in [6.07, 6.45) is 4.33. The summed E-state index contributed by atoms with van der Waals surface area (Å²) in [7, 11) is 0. The Labute approximate surface area is 96.3 Å². The Hall–Kier alpha value is -1.36. The van der Waals surface area contributed by atoms with Crippen molar-refractivity contribution in [2.45, 2.75) is 26.8 Å². The topological polar surface area (TPSA) is 64.2 Å². The first kappa shape index (κ1) is 12.7. The number of carbonyl (C=O) groups excluding carboxylic acids is 1. The van der Waals surface area contributed by atoms with E-state index in [-0.39, 0.29) is 5.91 Å². The summed E-state index contributed by atoms with van der Waals surface area (Å²) < 4.78 is 1.81. The molecule has 0 bridgehead atoms. The van der Waals surface area contributed by atoms with Crippen LogP contribution in [-0.2, 0) is 17.8 Å². The van der Waals surface area contributed by atoms with Crippen LogP contribution in [-0.4, -0.2) is 40.0 Å². The molecule has 0 saturated heterocycles. The van der Waals surface area contributed by atoms with Crippen molar-refractivity contribution in [3.63, 3.8) is 0 Å². The van der Waals surface area contributed by atoms with Crippen LogP contribution in [0.4, 0.5) is 0 Å². The zero-order valence-electron chi connectivity index (χ0n) is 10.0. The molecule has 2 N–H and O–H groups in total. The van der Waals surface area contributed by atoms with Gasteiger partial charge in [-0.05, 0) is 20.4 Å². The Morgan fingerprint density at radius 1 is 1.50 bits per heavy atom. The molecule has 0 aromatic carbocycles. The van der Waals surface area contributed by atoms with E-state index in [1.807, 2.05) is 29.5 Å². The number of aromatic nitrogens is 2. The number of likely N-dealkylation sites (N-methyl/N-ethyl adjacent to an activating group) is 1. The Bertz CT molecular complexity index is 330. The minimum atomic E-state index is 0.127. The van der Waals surface area contributed by atoms with Gasteiger partial charge in [0, 0.05) is 25.7 Å². The first-order valence-corrected chi connectivity index (χ1v) is 5.69. The van der Waals surface area contributed by atoms with Gasteiger partial charge in [0.1, 0.15) is 6.54 Å². The highest BCUT2D eigenvalue weighted by Crippen LogP contribution is 1.99. The van der Waals surface area contributed by atoms with E-state index < -0.39 is 0 Å². The van der Waals surface area contributed by atoms with Crippen LogP contribution in [0.5, 0.6) is 0 Å². The molecule has 1 aromatic heterocycles. The Balaban J connectivity index is 2.55. The molecule has 5 heteroatoms. The quantitative estimate of drug-likeness (QED) is 0.753. The van der Waals surface area contributed by atoms with Crippen molar-refractivity contribution >= 4 is 5.91 Å². The van der Waals surface area contributed by atoms with Crippen LogP contribution in [0, 0.1) is 0 Å². The van der Waals surface area contributed by atoms with Crippen LogP contribution in [0.1, 0.15) is 19.5 Å². The minimum Gasteiger partial charge on any atom is -0.342 e. The number of hydrogen-bond acceptors (Lipinski definition) is 3. The minimum absolute atomic E-state index is 0.127. The second-order valence-electron chi connectivity index (χ2n) is 3.64. The van der Waals surface area contributed by atoms with E-state index in [0.717, 1.165) is 25.2 Å². The third kappa shape index (κ3) is 3.34. The fraction of sp³-hybridized carbons (Fsp3) is 0.636. The van der Waals surface area contributed by atoms with Crippen LogP contribution in [0.2, 0.25) is 0 Å². The summed E-state index contributed by atoms with van der Waals surface area (Å²) in [6.45, 7) is 6.41. The van der Waals surface area contributed by atoms with Crippen LogP contribution in [0.15, 0.2) is 12.5 Å². The number of hydrogen-bond donors (Lipinski definition) is 1. The molecule has 1 rings (SSSR count). The first-order valence-electron chi connectivity index (χ1n) is 5.69. The van der Waals surface area contributed by atoms with E-state index in [1.54, 1.807) is 6.33 Å². The highest BCUT2D eigenvalue weighted by molar-refractivity contribution is 5.75. The summed E-state index contributed by atoms with van der Waals surface area (Å²) in [6, 6.07) is 0. The number of nitrogens with zero attached hydrogens (tertiary/aromatic N) is 3. The predicted octanol–water partition coefficient (Wildman–Crippen LogP) is 0.253. The average Bonchev–Trinajstić information content (AvgIpc) is 2.68. The van der Waals surface area contributed by atoms with Crippen molar-refractivity contribution in [3.8, 4) is 0 Å². The maximum atomic E-state index is 11.8. The highest BCUT2D eigenvalue weighted by atomic mass is 16.2. The number of nitrogens with two attached hydrogens (primary N) is 1. The first-order chi connectivity index (χ1) is 7.71. The van der Waals surface area contributed by atoms with Crippen molar-refractivity contribution in [3.05, 3.63) is 18.2 Å². The Morgan fingerprint density at radius 3 is 2.75 bits per heavy atom. The standard InChI is InChI=1S/C11H20N4O/c1-3-15(4-2)11(16)8-14-7-10(5-6-12)13-9-14/h7,9H,3-6,8,12H2,1-2H3. The van der Waals surface area contributed by atoms with E-state index in [1.165, 1.54) is 0 Å². The monoisotopic (exact) mass is 224 g/mol. The molecular weight excluding hydrogens is 204 g/mol. The summed E-state index contributed by atoms with van der Waals surface area (Å²) in [5.41, 5.74) is 6.38. The van der Waals surface area contributed by atoms with Crippen LogP contribution >= 0.6 is 0 Å². The largest absolute Gasteiger partial charge is 0.342 e. The molecular formula is C11H20N4O. The molecule has 0 unspecified atom stereocenters. The number of imidazole rings is 1. The number of amides is 1. The molecule has 1 heterocycles. The maximum Gasteiger partial charge on any atom is 0.242 e. The van der Waals surface area contributed by atoms with Gasteiger partial charge in [-0.25, -0.2) is 4.98 Å². The molecule has 16 heavy (non-hydrogen) atoms. The maximum absolute atomic E-state index is 11.8. The lowest BCUT2D eigenvalue weighted by Gasteiger charge is -2.18. The van der Waals surface area contributed by atoms with Crippen molar-refractivity contribution in [2.75, 3.05) is 19.6 Å². The van der Waals surface area contributed by atoms with Gasteiger partial charge >= 0.3 is 0 Å². The Kier molecular flexibility index (Phi) is 4.98. The van der Waals surface area contributed by atoms with Crippen molar-refractivity contribution in [2.24, 2.45) is 5.73 Å². The van der Waals surface area contributed by atoms with E-state index in [4.69, 9.17) is 5.73 Å². The Morgan fingerprint density at radius 2 is 2.19 bits per heavy atom. The molecule has 0 aliphatic carbocycles. The van der Waals surface area contributed by atoms with Gasteiger partial charge in [-0.2, -0.15) is 0 Å². The summed E-state index contributed by atoms with van der Waals surface area (Å²) >= 11 is 0. The lowest BCUT2D eigenvalue weighted by atomic mass is 10.3. The second kappa shape index (κ2) is 6.27. The van der Waals surface area contributed by atoms with Gasteiger partial charge in [0.2, 0.25) is 5.91 Å². The van der Waals surface area contributed by atoms with E-state index in [2.05, 4.69) is 4.98 Å². The molecule has 1 aromatic rings. The van der Waals surface area contributed by atoms with Crippen molar-refractivity contribution in [1.29, 1.82) is 0 Å². The van der Waals surface area contributed by atoms with Gasteiger partial charge in [0.05, 0.1) is 12.0 Å². The zero-order valence-corrected chi connectivity index (χ0v) is 10.0. The molecule has 0 fully saturated rings. The highest BCUT2D eigenvalue weighted by Gasteiger charge is 2.10. The van der Waals surface area contributed by atoms with E-state index in [9.17, 15) is 4.79 Å². The lowest BCUT2D eigenvalue weighted by molar-refractivity contribution is -0.131. The molecule has 1 amide bonds. The van der Waals surface area contributed by atoms with Gasteiger partial charge < -0.3 is 15.2 Å². The molecule has 0 aliphatic heterocycles. The van der Waals surface area contributed by atoms with Gasteiger partial charge in [0.25, 0.3) is 0 Å². The summed E-state index contributed by atoms with van der Waals surface area (Å²) in [4.78, 5) is 17.8. The second-order valence-corrected chi connectivity index (χ2v) is 3.64. The van der Waals surface area contributed by atoms with E-state index >= 15 is 0 Å². The molecule has 0 saturated carbocycles. The number of rotatable bonds is 6. The SMILES string of the molecule is CCN(CC)C(=O)Cn1cnc(CCN)c1. The normalized spacial score (nSPS) is 10.4. The van der Waals surface area contributed by atoms with Gasteiger partial charge in [-0.15, -0.1) is 0 Å². The van der Waals surface area contributed by atoms with Crippen LogP contribution in [0.25, 0.3) is 0 Å². The van der Waals surface area contributed by atoms with Gasteiger partial charge in [0.15, 0.2) is 0 Å². The molecule has 0 aliphatic rings. The molecule has 5 nitrogen and oxygen atoms in total. The van der Waals surface area contributed by atoms with Crippen LogP contribution in [0.3, 0.4) is 0 Å². The fourth-order valence-corrected chi connectivity index (χ4v) is 1.60. The summed E-state index contributed by atoms with van der Waals surface area (Å²) in [5, 5.41) is 0. The molecule has 0 spiro atoms. The number of carbonyl (C=O) groups is 1. The fourth-order valence-electron chi connectivity index (χ4n) is 1.60. The molecule has 0 atom stereocenters. The lowest BCUT2D eigenvalue weighted by Crippen LogP contribution is -2.33. The third-order valence-electron chi connectivity index (χ3n) is 2.52. The van der Waals surface area contributed by atoms with Gasteiger partial charge in [-0.1, -0.05) is 0 Å². The van der Waals surface area contributed by atoms with Gasteiger partial charge in [-0.3, -0.25) is 4.79 Å². The van der Waals surface area contributed by atoms with E-state index in [0.29, 0.717) is 13.1 Å². The zero-order chi connectivity index (χ0) is 12.0. The molecule has 90 valence electrons. The average molecular weight is 224 g/mol. The van der Waals surface area contributed by atoms with Crippen molar-refractivity contribution in [1.82, 2.24) is 14.5 Å². The predicted molar refractivity (Wildman–Crippen MR) is 62.9 cm³/mol.